The van der Waals surface area contributed by atoms with Gasteiger partial charge in [0.2, 0.25) is 0 Å². The molecule has 0 radical (unpaired) electrons. The molecule has 1 nitrogen and oxygen atoms in total. The summed E-state index contributed by atoms with van der Waals surface area (Å²) < 4.78 is 0. The first-order valence-corrected chi connectivity index (χ1v) is 4.89. The van der Waals surface area contributed by atoms with Crippen LogP contribution in [-0.2, 0) is 5.41 Å². The van der Waals surface area contributed by atoms with Gasteiger partial charge in [-0.05, 0) is 23.5 Å². The van der Waals surface area contributed by atoms with Gasteiger partial charge in [-0.3, -0.25) is 0 Å². The molecule has 0 spiro atoms. The van der Waals surface area contributed by atoms with E-state index < -0.39 is 0 Å². The molecule has 72 valence electrons. The van der Waals surface area contributed by atoms with E-state index in [0.29, 0.717) is 0 Å². The molecule has 0 aromatic heterocycles. The Morgan fingerprint density at radius 1 is 1.23 bits per heavy atom. The van der Waals surface area contributed by atoms with Gasteiger partial charge in [0.15, 0.2) is 0 Å². The maximum Gasteiger partial charge on any atom is 0.0375 e. The summed E-state index contributed by atoms with van der Waals surface area (Å²) in [6.45, 7) is 6.79. The van der Waals surface area contributed by atoms with Crippen LogP contribution in [0.15, 0.2) is 24.3 Å². The third-order valence-electron chi connectivity index (χ3n) is 2.81. The minimum absolute atomic E-state index is 0.263. The van der Waals surface area contributed by atoms with Gasteiger partial charge >= 0.3 is 0 Å². The molecule has 0 fully saturated rings. The van der Waals surface area contributed by atoms with Crippen molar-refractivity contribution in [2.24, 2.45) is 0 Å². The van der Waals surface area contributed by atoms with Gasteiger partial charge < -0.3 is 5.32 Å². The van der Waals surface area contributed by atoms with Gasteiger partial charge in [0.25, 0.3) is 0 Å². The fourth-order valence-electron chi connectivity index (χ4n) is 1.48. The molecule has 0 atom stereocenters. The van der Waals surface area contributed by atoms with Crippen LogP contribution in [0.2, 0.25) is 0 Å². The van der Waals surface area contributed by atoms with Crippen molar-refractivity contribution >= 4 is 5.69 Å². The molecular formula is C12H19N. The normalized spacial score (nSPS) is 11.4. The summed E-state index contributed by atoms with van der Waals surface area (Å²) in [6, 6.07) is 8.51. The summed E-state index contributed by atoms with van der Waals surface area (Å²) in [5.74, 6) is 0. The van der Waals surface area contributed by atoms with Crippen LogP contribution in [0.5, 0.6) is 0 Å². The monoisotopic (exact) mass is 177 g/mol. The topological polar surface area (TPSA) is 12.0 Å². The molecule has 0 aliphatic rings. The van der Waals surface area contributed by atoms with Crippen LogP contribution in [0.4, 0.5) is 5.69 Å². The maximum absolute atomic E-state index is 3.24. The molecule has 0 saturated heterocycles. The van der Waals surface area contributed by atoms with Gasteiger partial charge in [0, 0.05) is 12.7 Å². The molecule has 1 aromatic rings. The molecule has 1 N–H and O–H groups in total. The molecule has 0 aliphatic carbocycles. The number of hydrogen-bond donors (Lipinski definition) is 1. The zero-order valence-corrected chi connectivity index (χ0v) is 9.02. The van der Waals surface area contributed by atoms with E-state index in [1.54, 1.807) is 0 Å². The fraction of sp³-hybridized carbons (Fsp3) is 0.500. The maximum atomic E-state index is 3.24. The second-order valence-corrected chi connectivity index (χ2v) is 4.03. The standard InChI is InChI=1S/C12H19N/c1-5-12(2,3)10-8-6-7-9-11(10)13-4/h6-9,13H,5H2,1-4H3. The Morgan fingerprint density at radius 3 is 2.38 bits per heavy atom. The van der Waals surface area contributed by atoms with Gasteiger partial charge in [0.1, 0.15) is 0 Å². The smallest absolute Gasteiger partial charge is 0.0375 e. The first kappa shape index (κ1) is 10.1. The number of anilines is 1. The van der Waals surface area contributed by atoms with Crippen molar-refractivity contribution in [2.75, 3.05) is 12.4 Å². The first-order valence-electron chi connectivity index (χ1n) is 4.89. The fourth-order valence-corrected chi connectivity index (χ4v) is 1.48. The van der Waals surface area contributed by atoms with E-state index in [0.717, 1.165) is 6.42 Å². The average Bonchev–Trinajstić information content (AvgIpc) is 2.18. The van der Waals surface area contributed by atoms with Crippen molar-refractivity contribution in [3.63, 3.8) is 0 Å². The number of benzene rings is 1. The molecule has 13 heavy (non-hydrogen) atoms. The Morgan fingerprint density at radius 2 is 1.85 bits per heavy atom. The number of nitrogens with one attached hydrogen (secondary N) is 1. The van der Waals surface area contributed by atoms with Gasteiger partial charge in [-0.15, -0.1) is 0 Å². The third kappa shape index (κ3) is 2.03. The zero-order chi connectivity index (χ0) is 9.90. The van der Waals surface area contributed by atoms with Crippen molar-refractivity contribution in [2.45, 2.75) is 32.6 Å². The largest absolute Gasteiger partial charge is 0.388 e. The zero-order valence-electron chi connectivity index (χ0n) is 9.02. The quantitative estimate of drug-likeness (QED) is 0.746. The molecule has 0 heterocycles. The van der Waals surface area contributed by atoms with E-state index in [1.807, 2.05) is 7.05 Å². The van der Waals surface area contributed by atoms with Crippen LogP contribution in [0.25, 0.3) is 0 Å². The summed E-state index contributed by atoms with van der Waals surface area (Å²) >= 11 is 0. The summed E-state index contributed by atoms with van der Waals surface area (Å²) in [5, 5.41) is 3.24. The Bertz CT molecular complexity index is 276. The van der Waals surface area contributed by atoms with E-state index in [-0.39, 0.29) is 5.41 Å². The van der Waals surface area contributed by atoms with Crippen LogP contribution in [0.1, 0.15) is 32.8 Å². The van der Waals surface area contributed by atoms with Crippen LogP contribution in [-0.4, -0.2) is 7.05 Å². The predicted molar refractivity (Wildman–Crippen MR) is 59.3 cm³/mol. The minimum atomic E-state index is 0.263. The second kappa shape index (κ2) is 3.82. The molecule has 0 saturated carbocycles. The highest BCUT2D eigenvalue weighted by atomic mass is 14.8. The van der Waals surface area contributed by atoms with Gasteiger partial charge in [-0.2, -0.15) is 0 Å². The minimum Gasteiger partial charge on any atom is -0.388 e. The van der Waals surface area contributed by atoms with Gasteiger partial charge in [-0.25, -0.2) is 0 Å². The van der Waals surface area contributed by atoms with E-state index in [4.69, 9.17) is 0 Å². The van der Waals surface area contributed by atoms with Crippen LogP contribution in [0.3, 0.4) is 0 Å². The SMILES string of the molecule is CCC(C)(C)c1ccccc1NC. The second-order valence-electron chi connectivity index (χ2n) is 4.03. The molecule has 1 aromatic carbocycles. The summed E-state index contributed by atoms with van der Waals surface area (Å²) in [7, 11) is 1.98. The van der Waals surface area contributed by atoms with Gasteiger partial charge in [0.05, 0.1) is 0 Å². The van der Waals surface area contributed by atoms with E-state index in [1.165, 1.54) is 11.3 Å². The highest BCUT2D eigenvalue weighted by molar-refractivity contribution is 5.53. The highest BCUT2D eigenvalue weighted by Crippen LogP contribution is 2.31. The molecule has 0 aliphatic heterocycles. The molecular weight excluding hydrogens is 158 g/mol. The van der Waals surface area contributed by atoms with E-state index >= 15 is 0 Å². The van der Waals surface area contributed by atoms with E-state index in [2.05, 4.69) is 50.4 Å². The number of hydrogen-bond acceptors (Lipinski definition) is 1. The van der Waals surface area contributed by atoms with Crippen LogP contribution in [0, 0.1) is 0 Å². The summed E-state index contributed by atoms with van der Waals surface area (Å²) in [6.07, 6.45) is 1.16. The molecule has 1 rings (SSSR count). The molecule has 1 heteroatoms. The number of para-hydroxylation sites is 1. The lowest BCUT2D eigenvalue weighted by atomic mass is 9.81. The summed E-state index contributed by atoms with van der Waals surface area (Å²) in [5.41, 5.74) is 2.91. The van der Waals surface area contributed by atoms with Crippen LogP contribution < -0.4 is 5.32 Å². The average molecular weight is 177 g/mol. The van der Waals surface area contributed by atoms with Crippen molar-refractivity contribution in [3.8, 4) is 0 Å². The predicted octanol–water partition coefficient (Wildman–Crippen LogP) is 3.42. The summed E-state index contributed by atoms with van der Waals surface area (Å²) in [4.78, 5) is 0. The number of rotatable bonds is 3. The van der Waals surface area contributed by atoms with Crippen molar-refractivity contribution in [3.05, 3.63) is 29.8 Å². The highest BCUT2D eigenvalue weighted by Gasteiger charge is 2.20. The molecule has 0 unspecified atom stereocenters. The van der Waals surface area contributed by atoms with Crippen LogP contribution >= 0.6 is 0 Å². The Balaban J connectivity index is 3.12. The van der Waals surface area contributed by atoms with Crippen molar-refractivity contribution in [1.29, 1.82) is 0 Å². The van der Waals surface area contributed by atoms with Crippen molar-refractivity contribution in [1.82, 2.24) is 0 Å². The van der Waals surface area contributed by atoms with Gasteiger partial charge in [-0.1, -0.05) is 39.0 Å². The van der Waals surface area contributed by atoms with E-state index in [9.17, 15) is 0 Å². The lowest BCUT2D eigenvalue weighted by molar-refractivity contribution is 0.508. The molecule has 0 amide bonds. The third-order valence-corrected chi connectivity index (χ3v) is 2.81. The Kier molecular flexibility index (Phi) is 2.97. The first-order chi connectivity index (χ1) is 6.11. The Hall–Kier alpha value is -0.980. The lowest BCUT2D eigenvalue weighted by Crippen LogP contribution is -2.17. The molecule has 0 bridgehead atoms. The lowest BCUT2D eigenvalue weighted by Gasteiger charge is -2.26. The van der Waals surface area contributed by atoms with Crippen molar-refractivity contribution < 1.29 is 0 Å². The Labute approximate surface area is 81.2 Å².